The minimum absolute atomic E-state index is 0.168. The summed E-state index contributed by atoms with van der Waals surface area (Å²) in [5.74, 6) is 4.59. The molecule has 0 aliphatic carbocycles. The quantitative estimate of drug-likeness (QED) is 0.316. The van der Waals surface area contributed by atoms with Crippen LogP contribution in [0.3, 0.4) is 0 Å². The van der Waals surface area contributed by atoms with Crippen LogP contribution in [0.4, 0.5) is 0 Å². The van der Waals surface area contributed by atoms with Crippen LogP contribution in [0.25, 0.3) is 0 Å². The van der Waals surface area contributed by atoms with Crippen LogP contribution in [0, 0.1) is 0 Å². The first-order valence-corrected chi connectivity index (χ1v) is 9.51. The maximum absolute atomic E-state index is 9.70. The predicted molar refractivity (Wildman–Crippen MR) is 84.9 cm³/mol. The van der Waals surface area contributed by atoms with Gasteiger partial charge in [-0.15, -0.1) is 0 Å². The Bertz CT molecular complexity index is 162. The van der Waals surface area contributed by atoms with Crippen molar-refractivity contribution in [1.82, 2.24) is 0 Å². The topological polar surface area (TPSA) is 60.7 Å². The molecular weight excluding hydrogens is 296 g/mol. The maximum Gasteiger partial charge on any atom is 0.0721 e. The maximum atomic E-state index is 9.70. The van der Waals surface area contributed by atoms with Crippen LogP contribution in [0.15, 0.2) is 0 Å². The Morgan fingerprint density at radius 3 is 2.06 bits per heavy atom. The van der Waals surface area contributed by atoms with E-state index in [-0.39, 0.29) is 19.3 Å². The van der Waals surface area contributed by atoms with E-state index in [4.69, 9.17) is 10.2 Å². The normalized spacial score (nSPS) is 14.8. The van der Waals surface area contributed by atoms with Crippen LogP contribution in [-0.4, -0.2) is 74.4 Å². The fraction of sp³-hybridized carbons (Fsp3) is 1.00. The second-order valence-corrected chi connectivity index (χ2v) is 7.39. The highest BCUT2D eigenvalue weighted by molar-refractivity contribution is 8.04. The molecule has 0 aromatic heterocycles. The Kier molecular flexibility index (Phi) is 14.7. The number of rotatable bonds is 12. The molecule has 0 rings (SSSR count). The molecule has 2 atom stereocenters. The van der Waals surface area contributed by atoms with Crippen molar-refractivity contribution in [2.75, 3.05) is 47.7 Å². The van der Waals surface area contributed by atoms with Crippen LogP contribution < -0.4 is 0 Å². The molecule has 7 heteroatoms. The van der Waals surface area contributed by atoms with E-state index in [2.05, 4.69) is 12.6 Å². The summed E-state index contributed by atoms with van der Waals surface area (Å²) in [5.41, 5.74) is 0. The van der Waals surface area contributed by atoms with Crippen molar-refractivity contribution in [3.63, 3.8) is 0 Å². The molecule has 0 amide bonds. The molecule has 3 nitrogen and oxygen atoms in total. The SMILES string of the molecule is OCCSCC(O)CSC(CS)CSCCO. The average molecular weight is 319 g/mol. The molecule has 0 saturated carbocycles. The lowest BCUT2D eigenvalue weighted by molar-refractivity contribution is 0.225. The van der Waals surface area contributed by atoms with Gasteiger partial charge in [-0.2, -0.15) is 47.9 Å². The van der Waals surface area contributed by atoms with Gasteiger partial charge in [-0.1, -0.05) is 0 Å². The Morgan fingerprint density at radius 2 is 1.53 bits per heavy atom. The highest BCUT2D eigenvalue weighted by Gasteiger charge is 2.11. The van der Waals surface area contributed by atoms with E-state index < -0.39 is 0 Å². The Labute approximate surface area is 122 Å². The van der Waals surface area contributed by atoms with Gasteiger partial charge in [0.15, 0.2) is 0 Å². The molecule has 2 unspecified atom stereocenters. The fourth-order valence-corrected chi connectivity index (χ4v) is 4.53. The van der Waals surface area contributed by atoms with Crippen molar-refractivity contribution < 1.29 is 15.3 Å². The van der Waals surface area contributed by atoms with Gasteiger partial charge >= 0.3 is 0 Å². The van der Waals surface area contributed by atoms with Gasteiger partial charge in [-0.05, 0) is 0 Å². The Morgan fingerprint density at radius 1 is 0.941 bits per heavy atom. The van der Waals surface area contributed by atoms with E-state index in [9.17, 15) is 5.11 Å². The summed E-state index contributed by atoms with van der Waals surface area (Å²) >= 11 is 9.31. The molecule has 0 aromatic carbocycles. The van der Waals surface area contributed by atoms with Gasteiger partial charge in [0.25, 0.3) is 0 Å². The molecule has 0 radical (unpaired) electrons. The van der Waals surface area contributed by atoms with Gasteiger partial charge in [0, 0.05) is 39.8 Å². The lowest BCUT2D eigenvalue weighted by atomic mass is 10.5. The summed E-state index contributed by atoms with van der Waals surface area (Å²) in [7, 11) is 0. The largest absolute Gasteiger partial charge is 0.396 e. The molecule has 104 valence electrons. The summed E-state index contributed by atoms with van der Waals surface area (Å²) in [6, 6.07) is 0. The number of thiol groups is 1. The van der Waals surface area contributed by atoms with Crippen molar-refractivity contribution in [2.24, 2.45) is 0 Å². The second kappa shape index (κ2) is 13.7. The van der Waals surface area contributed by atoms with Gasteiger partial charge in [0.1, 0.15) is 0 Å². The van der Waals surface area contributed by atoms with E-state index in [1.165, 1.54) is 0 Å². The summed E-state index contributed by atoms with van der Waals surface area (Å²) in [6.45, 7) is 0.386. The highest BCUT2D eigenvalue weighted by atomic mass is 32.2. The van der Waals surface area contributed by atoms with E-state index in [1.807, 2.05) is 0 Å². The van der Waals surface area contributed by atoms with E-state index >= 15 is 0 Å². The van der Waals surface area contributed by atoms with Crippen molar-refractivity contribution in [1.29, 1.82) is 0 Å². The summed E-state index contributed by atoms with van der Waals surface area (Å²) in [5, 5.41) is 27.4. The third-order valence-corrected chi connectivity index (χ3v) is 6.30. The van der Waals surface area contributed by atoms with E-state index in [1.54, 1.807) is 35.3 Å². The number of aliphatic hydroxyl groups excluding tert-OH is 3. The molecule has 0 heterocycles. The summed E-state index contributed by atoms with van der Waals surface area (Å²) in [4.78, 5) is 0. The van der Waals surface area contributed by atoms with Gasteiger partial charge in [0.05, 0.1) is 19.3 Å². The van der Waals surface area contributed by atoms with Gasteiger partial charge in [0.2, 0.25) is 0 Å². The van der Waals surface area contributed by atoms with E-state index in [0.29, 0.717) is 22.5 Å². The number of hydrogen-bond acceptors (Lipinski definition) is 7. The minimum Gasteiger partial charge on any atom is -0.396 e. The number of thioether (sulfide) groups is 3. The average Bonchev–Trinajstić information content (AvgIpc) is 2.34. The molecule has 17 heavy (non-hydrogen) atoms. The monoisotopic (exact) mass is 318 g/mol. The lowest BCUT2D eigenvalue weighted by Crippen LogP contribution is -2.19. The second-order valence-electron chi connectivity index (χ2n) is 3.39. The van der Waals surface area contributed by atoms with Crippen LogP contribution in [0.1, 0.15) is 0 Å². The highest BCUT2D eigenvalue weighted by Crippen LogP contribution is 2.19. The Hall–Kier alpha value is 1.28. The molecule has 0 aromatic rings. The molecule has 3 N–H and O–H groups in total. The Balaban J connectivity index is 3.52. The molecule has 0 saturated heterocycles. The predicted octanol–water partition coefficient (Wildman–Crippen LogP) is 0.830. The lowest BCUT2D eigenvalue weighted by Gasteiger charge is -2.16. The van der Waals surface area contributed by atoms with Gasteiger partial charge < -0.3 is 15.3 Å². The van der Waals surface area contributed by atoms with Crippen molar-refractivity contribution in [3.05, 3.63) is 0 Å². The molecule has 0 bridgehead atoms. The zero-order chi connectivity index (χ0) is 12.9. The third-order valence-electron chi connectivity index (χ3n) is 1.81. The first kappa shape index (κ1) is 18.3. The van der Waals surface area contributed by atoms with Crippen molar-refractivity contribution in [2.45, 2.75) is 11.4 Å². The summed E-state index contributed by atoms with van der Waals surface area (Å²) < 4.78 is 0. The zero-order valence-electron chi connectivity index (χ0n) is 9.83. The molecule has 0 aliphatic rings. The zero-order valence-corrected chi connectivity index (χ0v) is 13.2. The molecular formula is C10H22O3S4. The van der Waals surface area contributed by atoms with Crippen molar-refractivity contribution >= 4 is 47.9 Å². The van der Waals surface area contributed by atoms with Crippen LogP contribution in [0.2, 0.25) is 0 Å². The number of hydrogen-bond donors (Lipinski definition) is 4. The van der Waals surface area contributed by atoms with Crippen LogP contribution in [0.5, 0.6) is 0 Å². The van der Waals surface area contributed by atoms with Crippen LogP contribution in [-0.2, 0) is 0 Å². The fourth-order valence-electron chi connectivity index (χ4n) is 1.01. The smallest absolute Gasteiger partial charge is 0.0721 e. The summed E-state index contributed by atoms with van der Waals surface area (Å²) in [6.07, 6.45) is -0.318. The van der Waals surface area contributed by atoms with E-state index in [0.717, 1.165) is 17.3 Å². The third kappa shape index (κ3) is 12.1. The molecule has 0 fully saturated rings. The standard InChI is InChI=1S/C10H22O3S4/c11-1-3-15-6-9(13)7-17-10(5-14)8-16-4-2-12/h9-14H,1-8H2. The first-order valence-electron chi connectivity index (χ1n) is 5.52. The number of aliphatic hydroxyl groups is 3. The van der Waals surface area contributed by atoms with Gasteiger partial charge in [-0.3, -0.25) is 0 Å². The van der Waals surface area contributed by atoms with Gasteiger partial charge in [-0.25, -0.2) is 0 Å². The van der Waals surface area contributed by atoms with Crippen molar-refractivity contribution in [3.8, 4) is 0 Å². The first-order chi connectivity index (χ1) is 8.24. The van der Waals surface area contributed by atoms with Crippen LogP contribution >= 0.6 is 47.9 Å². The minimum atomic E-state index is -0.318. The molecule has 0 spiro atoms. The molecule has 0 aliphatic heterocycles.